The number of hydrogen-bond donors (Lipinski definition) is 3. The first kappa shape index (κ1) is 23.1. The molecule has 2 aliphatic heterocycles. The van der Waals surface area contributed by atoms with Gasteiger partial charge in [0.05, 0.1) is 0 Å². The Hall–Kier alpha value is -2.12. The Morgan fingerprint density at radius 1 is 1.34 bits per heavy atom. The van der Waals surface area contributed by atoms with Gasteiger partial charge in [0.15, 0.2) is 10.4 Å². The summed E-state index contributed by atoms with van der Waals surface area (Å²) < 4.78 is 0.594. The van der Waals surface area contributed by atoms with Gasteiger partial charge < -0.3 is 15.5 Å². The molecule has 0 aliphatic carbocycles. The van der Waals surface area contributed by atoms with E-state index in [1.807, 2.05) is 0 Å². The highest BCUT2D eigenvalue weighted by atomic mass is 35.5. The average molecular weight is 513 g/mol. The van der Waals surface area contributed by atoms with Crippen LogP contribution in [0.15, 0.2) is 39.2 Å². The van der Waals surface area contributed by atoms with Gasteiger partial charge in [0.1, 0.15) is 22.1 Å². The van der Waals surface area contributed by atoms with E-state index >= 15 is 0 Å². The third-order valence-electron chi connectivity index (χ3n) is 4.85. The predicted molar refractivity (Wildman–Crippen MR) is 121 cm³/mol. The van der Waals surface area contributed by atoms with E-state index in [2.05, 4.69) is 15.5 Å². The van der Waals surface area contributed by atoms with Crippen molar-refractivity contribution in [3.8, 4) is 0 Å². The van der Waals surface area contributed by atoms with Gasteiger partial charge in [0, 0.05) is 16.5 Å². The fourth-order valence-electron chi connectivity index (χ4n) is 3.27. The minimum atomic E-state index is -1.46. The quantitative estimate of drug-likeness (QED) is 0.376. The number of rotatable bonds is 7. The number of carbonyl (C=O) groups is 3. The van der Waals surface area contributed by atoms with Gasteiger partial charge in [-0.25, -0.2) is 4.79 Å². The van der Waals surface area contributed by atoms with Crippen molar-refractivity contribution in [2.75, 3.05) is 5.75 Å². The van der Waals surface area contributed by atoms with Gasteiger partial charge in [-0.15, -0.1) is 33.6 Å². The number of amides is 2. The predicted octanol–water partition coefficient (Wildman–Crippen LogP) is 2.11. The van der Waals surface area contributed by atoms with E-state index in [1.54, 1.807) is 31.2 Å². The van der Waals surface area contributed by atoms with E-state index in [0.717, 1.165) is 10.6 Å². The molecular weight excluding hydrogens is 496 g/mol. The standard InChI is InChI=1S/C19H17ClN4O5S3/c1-8-22-23-19(31-8)32-11-7-30-17-12(16(27)24(17)13(11)18(28)29)21-15(26)14(25)10-4-2-9(6-20)3-5-10/h2-5,12,14,17,25H,6-7H2,1H3,(H,21,26)(H,28,29). The number of aliphatic hydroxyl groups is 1. The lowest BCUT2D eigenvalue weighted by molar-refractivity contribution is -0.151. The molecule has 32 heavy (non-hydrogen) atoms. The second-order valence-electron chi connectivity index (χ2n) is 6.94. The Morgan fingerprint density at radius 2 is 2.06 bits per heavy atom. The molecule has 0 spiro atoms. The highest BCUT2D eigenvalue weighted by Crippen LogP contribution is 2.45. The number of benzene rings is 1. The van der Waals surface area contributed by atoms with Gasteiger partial charge in [0.2, 0.25) is 0 Å². The van der Waals surface area contributed by atoms with Crippen LogP contribution in [0.3, 0.4) is 0 Å². The van der Waals surface area contributed by atoms with Gasteiger partial charge in [-0.1, -0.05) is 47.4 Å². The lowest BCUT2D eigenvalue weighted by atomic mass is 10.0. The van der Waals surface area contributed by atoms with Crippen molar-refractivity contribution >= 4 is 64.2 Å². The van der Waals surface area contributed by atoms with Gasteiger partial charge >= 0.3 is 5.97 Å². The number of nitrogens with one attached hydrogen (secondary N) is 1. The summed E-state index contributed by atoms with van der Waals surface area (Å²) in [6, 6.07) is 5.67. The second kappa shape index (κ2) is 9.40. The number of carbonyl (C=O) groups excluding carboxylic acids is 2. The molecule has 0 radical (unpaired) electrons. The molecule has 1 saturated heterocycles. The summed E-state index contributed by atoms with van der Waals surface area (Å²) in [6.07, 6.45) is -1.46. The Labute approximate surface area is 200 Å². The first-order valence-corrected chi connectivity index (χ1v) is 12.5. The molecule has 168 valence electrons. The number of aromatic nitrogens is 2. The summed E-state index contributed by atoms with van der Waals surface area (Å²) in [6.45, 7) is 1.80. The SMILES string of the molecule is Cc1nnc(SC2=C(C(=O)O)N3C(=O)C(NC(=O)C(O)c4ccc(CCl)cc4)C3SC2)s1. The molecule has 4 rings (SSSR count). The average Bonchev–Trinajstić information content (AvgIpc) is 3.20. The highest BCUT2D eigenvalue weighted by molar-refractivity contribution is 8.07. The zero-order valence-corrected chi connectivity index (χ0v) is 19.7. The van der Waals surface area contributed by atoms with Crippen molar-refractivity contribution in [3.63, 3.8) is 0 Å². The number of nitrogens with zero attached hydrogens (tertiary/aromatic N) is 3. The van der Waals surface area contributed by atoms with Crippen LogP contribution in [0.4, 0.5) is 0 Å². The number of fused-ring (bicyclic) bond motifs is 1. The third-order valence-corrected chi connectivity index (χ3v) is 8.59. The van der Waals surface area contributed by atoms with E-state index in [9.17, 15) is 24.6 Å². The summed E-state index contributed by atoms with van der Waals surface area (Å²) in [5, 5.41) is 30.8. The molecule has 2 aromatic rings. The first-order chi connectivity index (χ1) is 15.3. The van der Waals surface area contributed by atoms with E-state index in [-0.39, 0.29) is 5.70 Å². The number of aliphatic hydroxyl groups excluding tert-OH is 1. The zero-order valence-electron chi connectivity index (χ0n) is 16.5. The molecule has 13 heteroatoms. The largest absolute Gasteiger partial charge is 0.477 e. The van der Waals surface area contributed by atoms with Crippen LogP contribution >= 0.6 is 46.5 Å². The van der Waals surface area contributed by atoms with Crippen LogP contribution in [-0.2, 0) is 20.3 Å². The summed E-state index contributed by atoms with van der Waals surface area (Å²) in [5.74, 6) is -1.84. The fraction of sp³-hybridized carbons (Fsp3) is 0.316. The van der Waals surface area contributed by atoms with Crippen molar-refractivity contribution in [1.29, 1.82) is 0 Å². The summed E-state index contributed by atoms with van der Waals surface area (Å²) >= 11 is 9.61. The normalized spacial score (nSPS) is 21.1. The molecule has 9 nitrogen and oxygen atoms in total. The molecule has 1 aromatic carbocycles. The number of aryl methyl sites for hydroxylation is 1. The minimum absolute atomic E-state index is 0.112. The van der Waals surface area contributed by atoms with Crippen LogP contribution in [0.2, 0.25) is 0 Å². The minimum Gasteiger partial charge on any atom is -0.477 e. The zero-order chi connectivity index (χ0) is 23.0. The number of aliphatic carboxylic acids is 1. The molecule has 0 saturated carbocycles. The number of carboxylic acid groups (broad SMARTS) is 1. The number of β-lactam (4-membered cyclic amide) rings is 1. The number of hydrogen-bond acceptors (Lipinski definition) is 9. The number of halogens is 1. The Kier molecular flexibility index (Phi) is 6.77. The summed E-state index contributed by atoms with van der Waals surface area (Å²) in [7, 11) is 0. The first-order valence-electron chi connectivity index (χ1n) is 9.32. The van der Waals surface area contributed by atoms with Gasteiger partial charge in [-0.3, -0.25) is 14.5 Å². The maximum atomic E-state index is 12.8. The topological polar surface area (TPSA) is 133 Å². The number of carboxylic acids is 1. The molecule has 0 bridgehead atoms. The molecule has 3 unspecified atom stereocenters. The lowest BCUT2D eigenvalue weighted by Gasteiger charge is -2.49. The maximum Gasteiger partial charge on any atom is 0.353 e. The third kappa shape index (κ3) is 4.37. The molecular formula is C19H17ClN4O5S3. The van der Waals surface area contributed by atoms with E-state index in [1.165, 1.54) is 39.8 Å². The van der Waals surface area contributed by atoms with Crippen molar-refractivity contribution in [2.45, 2.75) is 34.7 Å². The lowest BCUT2D eigenvalue weighted by Crippen LogP contribution is -2.70. The van der Waals surface area contributed by atoms with E-state index in [4.69, 9.17) is 11.6 Å². The summed E-state index contributed by atoms with van der Waals surface area (Å²) in [5.41, 5.74) is 1.10. The van der Waals surface area contributed by atoms with Crippen molar-refractivity contribution in [3.05, 3.63) is 51.0 Å². The molecule has 2 amide bonds. The van der Waals surface area contributed by atoms with Crippen LogP contribution < -0.4 is 5.32 Å². The van der Waals surface area contributed by atoms with Crippen LogP contribution in [-0.4, -0.2) is 60.3 Å². The molecule has 3 N–H and O–H groups in total. The molecule has 3 heterocycles. The molecule has 2 aliphatic rings. The molecule has 1 fully saturated rings. The van der Waals surface area contributed by atoms with Crippen molar-refractivity contribution in [2.24, 2.45) is 0 Å². The van der Waals surface area contributed by atoms with Crippen LogP contribution in [0, 0.1) is 6.92 Å². The van der Waals surface area contributed by atoms with Crippen molar-refractivity contribution in [1.82, 2.24) is 20.4 Å². The monoisotopic (exact) mass is 512 g/mol. The fourth-order valence-corrected chi connectivity index (χ4v) is 6.90. The second-order valence-corrected chi connectivity index (χ2v) is 10.8. The van der Waals surface area contributed by atoms with Gasteiger partial charge in [-0.2, -0.15) is 0 Å². The van der Waals surface area contributed by atoms with Gasteiger partial charge in [0.25, 0.3) is 11.8 Å². The Balaban J connectivity index is 1.47. The summed E-state index contributed by atoms with van der Waals surface area (Å²) in [4.78, 5) is 38.9. The Morgan fingerprint density at radius 3 is 2.66 bits per heavy atom. The van der Waals surface area contributed by atoms with Crippen LogP contribution in [0.25, 0.3) is 0 Å². The number of alkyl halides is 1. The van der Waals surface area contributed by atoms with E-state index in [0.29, 0.717) is 26.4 Å². The maximum absolute atomic E-state index is 12.8. The highest BCUT2D eigenvalue weighted by Gasteiger charge is 2.54. The smallest absolute Gasteiger partial charge is 0.353 e. The van der Waals surface area contributed by atoms with Gasteiger partial charge in [-0.05, 0) is 18.1 Å². The van der Waals surface area contributed by atoms with Crippen molar-refractivity contribution < 1.29 is 24.6 Å². The molecule has 1 aromatic heterocycles. The molecule has 3 atom stereocenters. The Bertz CT molecular complexity index is 1110. The number of thioether (sulfide) groups is 2. The van der Waals surface area contributed by atoms with E-state index < -0.39 is 35.3 Å². The van der Waals surface area contributed by atoms with Crippen LogP contribution in [0.5, 0.6) is 0 Å². The van der Waals surface area contributed by atoms with Crippen LogP contribution in [0.1, 0.15) is 22.2 Å².